The van der Waals surface area contributed by atoms with Crippen LogP contribution in [0.15, 0.2) is 48.8 Å². The molecule has 288 valence electrons. The molecule has 1 aliphatic carbocycles. The number of thiophene rings is 1. The number of aliphatic hydroxyl groups is 1. The van der Waals surface area contributed by atoms with Crippen LogP contribution in [0.1, 0.15) is 112 Å². The van der Waals surface area contributed by atoms with Crippen molar-refractivity contribution in [3.8, 4) is 11.4 Å². The molecular weight excluding hydrogens is 683 g/mol. The monoisotopic (exact) mass is 743 g/mol. The number of carbonyl (C=O) groups excluding carboxylic acids is 2. The van der Waals surface area contributed by atoms with E-state index in [-0.39, 0.29) is 24.0 Å². The fourth-order valence-electron chi connectivity index (χ4n) is 8.70. The molecule has 2 saturated heterocycles. The first-order chi connectivity index (χ1) is 25.6. The minimum absolute atomic E-state index is 0.0574. The highest BCUT2D eigenvalue weighted by atomic mass is 32.1. The molecule has 3 aliphatic rings. The lowest BCUT2D eigenvalue weighted by molar-refractivity contribution is -0.135. The fraction of sp³-hybridized carbons (Fsp3) is 0.628. The predicted molar refractivity (Wildman–Crippen MR) is 213 cm³/mol. The van der Waals surface area contributed by atoms with Crippen LogP contribution < -0.4 is 10.2 Å². The summed E-state index contributed by atoms with van der Waals surface area (Å²) in [5.41, 5.74) is 2.92. The number of nitrogens with zero attached hydrogens (tertiary/aromatic N) is 4. The van der Waals surface area contributed by atoms with Crippen LogP contribution in [0, 0.1) is 23.7 Å². The van der Waals surface area contributed by atoms with E-state index in [1.165, 1.54) is 62.7 Å². The Balaban J connectivity index is 1.06. The summed E-state index contributed by atoms with van der Waals surface area (Å²) in [7, 11) is 0. The molecule has 53 heavy (non-hydrogen) atoms. The van der Waals surface area contributed by atoms with Crippen molar-refractivity contribution in [1.29, 1.82) is 0 Å². The highest BCUT2D eigenvalue weighted by Gasteiger charge is 2.32. The Morgan fingerprint density at radius 2 is 1.55 bits per heavy atom. The summed E-state index contributed by atoms with van der Waals surface area (Å²) in [6, 6.07) is 11.2. The molecule has 2 aliphatic heterocycles. The normalized spacial score (nSPS) is 21.1. The zero-order valence-corrected chi connectivity index (χ0v) is 33.2. The van der Waals surface area contributed by atoms with Gasteiger partial charge >= 0.3 is 0 Å². The molecule has 4 heterocycles. The number of carbonyl (C=O) groups is 2. The quantitative estimate of drug-likeness (QED) is 0.172. The maximum Gasteiger partial charge on any atom is 0.262 e. The molecule has 1 atom stereocenters. The largest absolute Gasteiger partial charge is 0.371 e. The topological polar surface area (TPSA) is 108 Å². The highest BCUT2D eigenvalue weighted by molar-refractivity contribution is 7.14. The number of nitrogens with one attached hydrogen (secondary N) is 1. The van der Waals surface area contributed by atoms with Gasteiger partial charge in [0.25, 0.3) is 5.91 Å². The Labute approximate surface area is 320 Å². The van der Waals surface area contributed by atoms with E-state index in [9.17, 15) is 9.59 Å². The highest BCUT2D eigenvalue weighted by Crippen LogP contribution is 2.40. The first-order valence-electron chi connectivity index (χ1n) is 20.2. The van der Waals surface area contributed by atoms with Gasteiger partial charge in [0.05, 0.1) is 29.6 Å². The molecule has 1 aromatic carbocycles. The van der Waals surface area contributed by atoms with E-state index in [2.05, 4.69) is 37.9 Å². The van der Waals surface area contributed by atoms with Crippen LogP contribution in [-0.4, -0.2) is 77.4 Å². The van der Waals surface area contributed by atoms with Crippen molar-refractivity contribution in [2.24, 2.45) is 23.7 Å². The van der Waals surface area contributed by atoms with Gasteiger partial charge in [-0.1, -0.05) is 77.6 Å². The van der Waals surface area contributed by atoms with E-state index in [0.717, 1.165) is 65.4 Å². The summed E-state index contributed by atoms with van der Waals surface area (Å²) in [5.74, 6) is 3.43. The van der Waals surface area contributed by atoms with Crippen LogP contribution in [0.2, 0.25) is 0 Å². The van der Waals surface area contributed by atoms with E-state index in [1.807, 2.05) is 53.7 Å². The summed E-state index contributed by atoms with van der Waals surface area (Å²) in [6.07, 6.45) is 16.9. The number of piperidine rings is 2. The number of hydrogen-bond acceptors (Lipinski definition) is 8. The molecule has 0 radical (unpaired) electrons. The third-order valence-electron chi connectivity index (χ3n) is 12.0. The van der Waals surface area contributed by atoms with Gasteiger partial charge in [-0.2, -0.15) is 0 Å². The molecule has 2 aromatic heterocycles. The summed E-state index contributed by atoms with van der Waals surface area (Å²) < 4.78 is 5.21. The Morgan fingerprint density at radius 1 is 0.887 bits per heavy atom. The molecule has 0 spiro atoms. The summed E-state index contributed by atoms with van der Waals surface area (Å²) >= 11 is 1.48. The zero-order valence-electron chi connectivity index (χ0n) is 32.4. The van der Waals surface area contributed by atoms with Crippen LogP contribution in [0.5, 0.6) is 0 Å². The second-order valence-corrected chi connectivity index (χ2v) is 17.9. The molecule has 0 bridgehead atoms. The van der Waals surface area contributed by atoms with Crippen LogP contribution >= 0.6 is 11.3 Å². The average Bonchev–Trinajstić information content (AvgIpc) is 3.70. The molecule has 2 amide bonds. The van der Waals surface area contributed by atoms with Crippen molar-refractivity contribution < 1.29 is 19.4 Å². The number of amides is 2. The number of hydrogen-bond donors (Lipinski definition) is 2. The van der Waals surface area contributed by atoms with Crippen molar-refractivity contribution in [1.82, 2.24) is 20.2 Å². The van der Waals surface area contributed by atoms with Crippen LogP contribution in [0.4, 0.5) is 5.69 Å². The van der Waals surface area contributed by atoms with E-state index in [1.54, 1.807) is 0 Å². The Morgan fingerprint density at radius 3 is 2.15 bits per heavy atom. The number of rotatable bonds is 13. The van der Waals surface area contributed by atoms with Gasteiger partial charge in [0, 0.05) is 43.0 Å². The van der Waals surface area contributed by atoms with Gasteiger partial charge in [-0.05, 0) is 85.3 Å². The third-order valence-corrected chi connectivity index (χ3v) is 13.5. The number of benzene rings is 1. The molecule has 6 rings (SSSR count). The number of likely N-dealkylation sites (tertiary alicyclic amines) is 1. The smallest absolute Gasteiger partial charge is 0.262 e. The van der Waals surface area contributed by atoms with Crippen LogP contribution in [-0.2, 0) is 21.4 Å². The first-order valence-corrected chi connectivity index (χ1v) is 21.0. The molecular formula is C43H61N5O4S. The Bertz CT molecular complexity index is 1600. The molecule has 0 unspecified atom stereocenters. The molecule has 9 nitrogen and oxygen atoms in total. The molecule has 10 heteroatoms. The number of aromatic nitrogens is 2. The van der Waals surface area contributed by atoms with Crippen LogP contribution in [0.25, 0.3) is 11.4 Å². The number of anilines is 1. The van der Waals surface area contributed by atoms with E-state index in [4.69, 9.17) is 19.8 Å². The van der Waals surface area contributed by atoms with E-state index in [0.29, 0.717) is 42.7 Å². The molecule has 3 aromatic rings. The van der Waals surface area contributed by atoms with E-state index >= 15 is 0 Å². The summed E-state index contributed by atoms with van der Waals surface area (Å²) in [4.78, 5) is 43.0. The van der Waals surface area contributed by atoms with Gasteiger partial charge in [-0.3, -0.25) is 9.59 Å². The standard InChI is InChI=1S/C43H61N5O4S/c1-5-6-30-7-11-33(12-8-30)34-19-23-47(24-20-34)36-26-44-40(45-27-36)35-13-9-31(10-14-35)25-37(42(51)48-21-17-32(18-22-48)28-52-29-49)46-41(50)38-15-16-39(53-38)43(2,3)4/h9-10,13-16,26-27,30,32-34,37,49H,5-8,11-12,17-25,28-29H2,1-4H3,(H,46,50)/t30-,33-,37-/m0/s1. The van der Waals surface area contributed by atoms with Crippen molar-refractivity contribution in [2.45, 2.75) is 110 Å². The molecule has 3 fully saturated rings. The molecule has 2 N–H and O–H groups in total. The minimum atomic E-state index is -0.699. The minimum Gasteiger partial charge on any atom is -0.371 e. The third kappa shape index (κ3) is 10.5. The van der Waals surface area contributed by atoms with Gasteiger partial charge < -0.3 is 25.0 Å². The number of aliphatic hydroxyl groups excluding tert-OH is 1. The first kappa shape index (κ1) is 39.4. The predicted octanol–water partition coefficient (Wildman–Crippen LogP) is 7.87. The van der Waals surface area contributed by atoms with Crippen LogP contribution in [0.3, 0.4) is 0 Å². The van der Waals surface area contributed by atoms with Crippen molar-refractivity contribution in [3.63, 3.8) is 0 Å². The SMILES string of the molecule is CCC[C@H]1CC[C@H](C2CCN(c3cnc(-c4ccc(C[C@H](NC(=O)c5ccc(C(C)(C)C)s5)C(=O)N5CCC(COCO)CC5)cc4)nc3)CC2)CC1. The maximum atomic E-state index is 14.0. The van der Waals surface area contributed by atoms with E-state index < -0.39 is 6.04 Å². The lowest BCUT2D eigenvalue weighted by atomic mass is 9.72. The summed E-state index contributed by atoms with van der Waals surface area (Å²) in [6.45, 7) is 12.3. The lowest BCUT2D eigenvalue weighted by Crippen LogP contribution is -2.51. The average molecular weight is 744 g/mol. The second kappa shape index (κ2) is 18.3. The summed E-state index contributed by atoms with van der Waals surface area (Å²) in [5, 5.41) is 12.1. The van der Waals surface area contributed by atoms with Gasteiger partial charge in [-0.25, -0.2) is 9.97 Å². The van der Waals surface area contributed by atoms with Gasteiger partial charge in [0.2, 0.25) is 5.91 Å². The van der Waals surface area contributed by atoms with Crippen molar-refractivity contribution in [2.75, 3.05) is 44.5 Å². The number of ether oxygens (including phenoxy) is 1. The fourth-order valence-corrected chi connectivity index (χ4v) is 9.66. The molecule has 1 saturated carbocycles. The van der Waals surface area contributed by atoms with Gasteiger partial charge in [0.15, 0.2) is 5.82 Å². The zero-order chi connectivity index (χ0) is 37.4. The maximum absolute atomic E-state index is 14.0. The van der Waals surface area contributed by atoms with Crippen molar-refractivity contribution >= 4 is 28.8 Å². The Kier molecular flexibility index (Phi) is 13.6. The van der Waals surface area contributed by atoms with Gasteiger partial charge in [0.1, 0.15) is 12.8 Å². The Hall–Kier alpha value is -3.34. The second-order valence-electron chi connectivity index (χ2n) is 16.8. The van der Waals surface area contributed by atoms with Gasteiger partial charge in [-0.15, -0.1) is 11.3 Å². The lowest BCUT2D eigenvalue weighted by Gasteiger charge is -2.39. The van der Waals surface area contributed by atoms with Crippen molar-refractivity contribution in [3.05, 3.63) is 64.1 Å².